The van der Waals surface area contributed by atoms with E-state index in [1.807, 2.05) is 12.1 Å². The Morgan fingerprint density at radius 2 is 2.16 bits per heavy atom. The fourth-order valence-electron chi connectivity index (χ4n) is 2.46. The van der Waals surface area contributed by atoms with Gasteiger partial charge in [0.15, 0.2) is 0 Å². The second-order valence-corrected chi connectivity index (χ2v) is 6.18. The van der Waals surface area contributed by atoms with Crippen LogP contribution in [-0.4, -0.2) is 11.9 Å². The summed E-state index contributed by atoms with van der Waals surface area (Å²) in [4.78, 5) is 11.9. The summed E-state index contributed by atoms with van der Waals surface area (Å²) in [6.07, 6.45) is 8.07. The molecule has 0 radical (unpaired) electrons. The number of nitrogens with one attached hydrogen (secondary N) is 1. The van der Waals surface area contributed by atoms with Crippen LogP contribution in [0.25, 0.3) is 0 Å². The normalized spacial score (nSPS) is 19.4. The molecule has 1 amide bonds. The lowest BCUT2D eigenvalue weighted by atomic mass is 10.0. The molecule has 0 heterocycles. The number of amides is 1. The van der Waals surface area contributed by atoms with Crippen LogP contribution in [0.15, 0.2) is 40.9 Å². The molecule has 0 fully saturated rings. The van der Waals surface area contributed by atoms with Gasteiger partial charge >= 0.3 is 0 Å². The molecule has 2 rings (SSSR count). The van der Waals surface area contributed by atoms with Crippen molar-refractivity contribution >= 4 is 21.8 Å². The van der Waals surface area contributed by atoms with E-state index in [1.54, 1.807) is 0 Å². The van der Waals surface area contributed by atoms with Crippen LogP contribution < -0.4 is 5.32 Å². The molecule has 1 aliphatic rings. The Morgan fingerprint density at radius 3 is 2.79 bits per heavy atom. The second-order valence-electron chi connectivity index (χ2n) is 5.27. The number of carbonyl (C=O) groups excluding carboxylic acids is 1. The molecule has 1 aromatic carbocycles. The van der Waals surface area contributed by atoms with Crippen molar-refractivity contribution < 1.29 is 4.79 Å². The van der Waals surface area contributed by atoms with Crippen molar-refractivity contribution in [3.05, 3.63) is 46.5 Å². The minimum absolute atomic E-state index is 0.168. The van der Waals surface area contributed by atoms with Crippen molar-refractivity contribution in [2.45, 2.75) is 38.6 Å². The maximum Gasteiger partial charge on any atom is 0.220 e. The molecule has 102 valence electrons. The molecule has 0 unspecified atom stereocenters. The minimum Gasteiger partial charge on any atom is -0.353 e. The zero-order chi connectivity index (χ0) is 13.7. The van der Waals surface area contributed by atoms with Crippen LogP contribution in [0.1, 0.15) is 31.7 Å². The molecule has 1 aromatic rings. The van der Waals surface area contributed by atoms with E-state index in [9.17, 15) is 4.79 Å². The third kappa shape index (κ3) is 4.83. The average molecular weight is 322 g/mol. The van der Waals surface area contributed by atoms with Gasteiger partial charge in [0.2, 0.25) is 5.91 Å². The molecule has 1 N–H and O–H groups in total. The third-order valence-electron chi connectivity index (χ3n) is 3.42. The first-order valence-electron chi connectivity index (χ1n) is 6.84. The van der Waals surface area contributed by atoms with Gasteiger partial charge in [-0.25, -0.2) is 0 Å². The highest BCUT2D eigenvalue weighted by molar-refractivity contribution is 9.10. The Kier molecular flexibility index (Phi) is 5.20. The third-order valence-corrected chi connectivity index (χ3v) is 3.95. The molecular formula is C16H20BrNO. The molecule has 0 saturated carbocycles. The van der Waals surface area contributed by atoms with Gasteiger partial charge in [-0.05, 0) is 49.8 Å². The minimum atomic E-state index is 0.168. The summed E-state index contributed by atoms with van der Waals surface area (Å²) in [6, 6.07) is 8.43. The largest absolute Gasteiger partial charge is 0.353 e. The number of hydrogen-bond donors (Lipinski definition) is 1. The Labute approximate surface area is 123 Å². The van der Waals surface area contributed by atoms with E-state index in [0.29, 0.717) is 12.3 Å². The zero-order valence-corrected chi connectivity index (χ0v) is 12.8. The number of halogens is 1. The summed E-state index contributed by atoms with van der Waals surface area (Å²) in [5.41, 5.74) is 1.25. The number of benzene rings is 1. The Hall–Kier alpha value is -1.09. The topological polar surface area (TPSA) is 29.1 Å². The SMILES string of the molecule is C[C@H](Cc1ccc(Br)cc1)NC(=O)C[C@@H]1C=CCC1. The lowest BCUT2D eigenvalue weighted by Crippen LogP contribution is -2.34. The van der Waals surface area contributed by atoms with Gasteiger partial charge in [-0.15, -0.1) is 0 Å². The fourth-order valence-corrected chi connectivity index (χ4v) is 2.73. The van der Waals surface area contributed by atoms with E-state index in [1.165, 1.54) is 5.56 Å². The highest BCUT2D eigenvalue weighted by Crippen LogP contribution is 2.20. The van der Waals surface area contributed by atoms with Gasteiger partial charge in [0, 0.05) is 16.9 Å². The Balaban J connectivity index is 1.76. The molecule has 1 aliphatic carbocycles. The van der Waals surface area contributed by atoms with Crippen LogP contribution in [0.5, 0.6) is 0 Å². The van der Waals surface area contributed by atoms with E-state index in [0.717, 1.165) is 23.7 Å². The smallest absolute Gasteiger partial charge is 0.220 e. The molecule has 0 saturated heterocycles. The number of allylic oxidation sites excluding steroid dienone is 2. The highest BCUT2D eigenvalue weighted by Gasteiger charge is 2.15. The Bertz CT molecular complexity index is 452. The average Bonchev–Trinajstić information content (AvgIpc) is 2.84. The summed E-state index contributed by atoms with van der Waals surface area (Å²) in [5.74, 6) is 0.612. The summed E-state index contributed by atoms with van der Waals surface area (Å²) < 4.78 is 1.08. The highest BCUT2D eigenvalue weighted by atomic mass is 79.9. The summed E-state index contributed by atoms with van der Waals surface area (Å²) in [7, 11) is 0. The second kappa shape index (κ2) is 6.90. The van der Waals surface area contributed by atoms with Crippen molar-refractivity contribution in [1.82, 2.24) is 5.32 Å². The maximum atomic E-state index is 11.9. The number of hydrogen-bond acceptors (Lipinski definition) is 1. The van der Waals surface area contributed by atoms with Gasteiger partial charge in [0.05, 0.1) is 0 Å². The van der Waals surface area contributed by atoms with Crippen LogP contribution in [0.2, 0.25) is 0 Å². The maximum absolute atomic E-state index is 11.9. The molecule has 0 aliphatic heterocycles. The van der Waals surface area contributed by atoms with Crippen LogP contribution in [0.4, 0.5) is 0 Å². The first-order chi connectivity index (χ1) is 9.13. The predicted molar refractivity (Wildman–Crippen MR) is 81.9 cm³/mol. The summed E-state index contributed by atoms with van der Waals surface area (Å²) in [5, 5.41) is 3.09. The molecule has 0 aromatic heterocycles. The first-order valence-corrected chi connectivity index (χ1v) is 7.63. The van der Waals surface area contributed by atoms with Crippen LogP contribution >= 0.6 is 15.9 Å². The van der Waals surface area contributed by atoms with E-state index in [-0.39, 0.29) is 11.9 Å². The van der Waals surface area contributed by atoms with Gasteiger partial charge in [-0.3, -0.25) is 4.79 Å². The van der Waals surface area contributed by atoms with Crippen LogP contribution in [0.3, 0.4) is 0 Å². The predicted octanol–water partition coefficient (Wildman–Crippen LogP) is 3.85. The zero-order valence-electron chi connectivity index (χ0n) is 11.2. The number of rotatable bonds is 5. The molecule has 0 bridgehead atoms. The lowest BCUT2D eigenvalue weighted by molar-refractivity contribution is -0.122. The molecule has 19 heavy (non-hydrogen) atoms. The quantitative estimate of drug-likeness (QED) is 0.820. The van der Waals surface area contributed by atoms with Crippen molar-refractivity contribution in [3.63, 3.8) is 0 Å². The monoisotopic (exact) mass is 321 g/mol. The van der Waals surface area contributed by atoms with Gasteiger partial charge in [0.25, 0.3) is 0 Å². The molecular weight excluding hydrogens is 302 g/mol. The molecule has 2 atom stereocenters. The molecule has 2 nitrogen and oxygen atoms in total. The first kappa shape index (κ1) is 14.3. The van der Waals surface area contributed by atoms with E-state index in [2.05, 4.69) is 52.5 Å². The molecule has 3 heteroatoms. The van der Waals surface area contributed by atoms with Gasteiger partial charge in [-0.2, -0.15) is 0 Å². The summed E-state index contributed by atoms with van der Waals surface area (Å²) >= 11 is 3.42. The lowest BCUT2D eigenvalue weighted by Gasteiger charge is -2.15. The van der Waals surface area contributed by atoms with Crippen molar-refractivity contribution in [3.8, 4) is 0 Å². The van der Waals surface area contributed by atoms with Crippen LogP contribution in [-0.2, 0) is 11.2 Å². The van der Waals surface area contributed by atoms with E-state index in [4.69, 9.17) is 0 Å². The standard InChI is InChI=1S/C16H20BrNO/c1-12(10-14-6-8-15(17)9-7-14)18-16(19)11-13-4-2-3-5-13/h2,4,6-9,12-13H,3,5,10-11H2,1H3,(H,18,19)/t12-,13-/m1/s1. The van der Waals surface area contributed by atoms with E-state index < -0.39 is 0 Å². The summed E-state index contributed by atoms with van der Waals surface area (Å²) in [6.45, 7) is 2.06. The van der Waals surface area contributed by atoms with Crippen molar-refractivity contribution in [2.24, 2.45) is 5.92 Å². The van der Waals surface area contributed by atoms with Gasteiger partial charge < -0.3 is 5.32 Å². The van der Waals surface area contributed by atoms with Gasteiger partial charge in [-0.1, -0.05) is 40.2 Å². The fraction of sp³-hybridized carbons (Fsp3) is 0.438. The molecule has 0 spiro atoms. The van der Waals surface area contributed by atoms with Crippen molar-refractivity contribution in [2.75, 3.05) is 0 Å². The van der Waals surface area contributed by atoms with Crippen LogP contribution in [0, 0.1) is 5.92 Å². The van der Waals surface area contributed by atoms with Crippen molar-refractivity contribution in [1.29, 1.82) is 0 Å². The van der Waals surface area contributed by atoms with Gasteiger partial charge in [0.1, 0.15) is 0 Å². The number of carbonyl (C=O) groups is 1. The van der Waals surface area contributed by atoms with E-state index >= 15 is 0 Å². The Morgan fingerprint density at radius 1 is 1.42 bits per heavy atom.